The molecular formula is C17H28ClN3O3S. The minimum atomic E-state index is -3.60. The topological polar surface area (TPSA) is 101 Å². The number of primary sulfonamides is 1. The maximum atomic E-state index is 12.1. The minimum Gasteiger partial charge on any atom is -0.351 e. The molecule has 0 aromatic heterocycles. The molecule has 2 rings (SSSR count). The van der Waals surface area contributed by atoms with Gasteiger partial charge in [0.1, 0.15) is 0 Å². The SMILES string of the molecule is Cl.NS(=O)(=O)Cc1cccc(C(=O)NCCNC2CCCCCC2)c1. The van der Waals surface area contributed by atoms with Gasteiger partial charge < -0.3 is 10.6 Å². The van der Waals surface area contributed by atoms with E-state index in [0.29, 0.717) is 23.7 Å². The van der Waals surface area contributed by atoms with Crippen LogP contribution in [0, 0.1) is 0 Å². The minimum absolute atomic E-state index is 0. The van der Waals surface area contributed by atoms with Crippen LogP contribution in [-0.2, 0) is 15.8 Å². The van der Waals surface area contributed by atoms with Crippen LogP contribution in [0.4, 0.5) is 0 Å². The van der Waals surface area contributed by atoms with E-state index < -0.39 is 10.0 Å². The third kappa shape index (κ3) is 8.67. The number of benzene rings is 1. The standard InChI is InChI=1S/C17H27N3O3S.ClH/c18-24(22,23)13-14-6-5-7-15(12-14)17(21)20-11-10-19-16-8-3-1-2-4-9-16;/h5-7,12,16,19H,1-4,8-11,13H2,(H,20,21)(H2,18,22,23);1H. The Hall–Kier alpha value is -1.15. The molecule has 142 valence electrons. The predicted molar refractivity (Wildman–Crippen MR) is 102 cm³/mol. The third-order valence-corrected chi connectivity index (χ3v) is 4.99. The van der Waals surface area contributed by atoms with Crippen molar-refractivity contribution in [1.82, 2.24) is 10.6 Å². The molecule has 8 heteroatoms. The van der Waals surface area contributed by atoms with Gasteiger partial charge in [0.15, 0.2) is 0 Å². The number of nitrogens with one attached hydrogen (secondary N) is 2. The van der Waals surface area contributed by atoms with E-state index in [1.807, 2.05) is 0 Å². The van der Waals surface area contributed by atoms with E-state index >= 15 is 0 Å². The van der Waals surface area contributed by atoms with Crippen molar-refractivity contribution >= 4 is 28.3 Å². The molecule has 1 fully saturated rings. The summed E-state index contributed by atoms with van der Waals surface area (Å²) in [5.74, 6) is -0.467. The van der Waals surface area contributed by atoms with Gasteiger partial charge in [-0.1, -0.05) is 37.8 Å². The maximum Gasteiger partial charge on any atom is 0.251 e. The second kappa shape index (κ2) is 10.8. The normalized spacial score (nSPS) is 15.9. The molecule has 4 N–H and O–H groups in total. The summed E-state index contributed by atoms with van der Waals surface area (Å²) >= 11 is 0. The van der Waals surface area contributed by atoms with E-state index in [0.717, 1.165) is 6.54 Å². The van der Waals surface area contributed by atoms with Crippen LogP contribution < -0.4 is 15.8 Å². The molecule has 1 aliphatic carbocycles. The zero-order valence-electron chi connectivity index (χ0n) is 14.4. The monoisotopic (exact) mass is 389 g/mol. The Morgan fingerprint density at radius 3 is 2.44 bits per heavy atom. The molecule has 1 aromatic carbocycles. The van der Waals surface area contributed by atoms with Gasteiger partial charge in [-0.15, -0.1) is 12.4 Å². The first-order chi connectivity index (χ1) is 11.4. The number of nitrogens with two attached hydrogens (primary N) is 1. The van der Waals surface area contributed by atoms with Gasteiger partial charge in [-0.25, -0.2) is 13.6 Å². The van der Waals surface area contributed by atoms with Crippen LogP contribution in [0.1, 0.15) is 54.4 Å². The molecule has 0 saturated heterocycles. The number of hydrogen-bond donors (Lipinski definition) is 3. The lowest BCUT2D eigenvalue weighted by atomic mass is 10.1. The molecule has 1 aromatic rings. The molecule has 1 amide bonds. The van der Waals surface area contributed by atoms with Crippen molar-refractivity contribution < 1.29 is 13.2 Å². The van der Waals surface area contributed by atoms with E-state index in [1.165, 1.54) is 38.5 Å². The highest BCUT2D eigenvalue weighted by Gasteiger charge is 2.12. The number of hydrogen-bond acceptors (Lipinski definition) is 4. The van der Waals surface area contributed by atoms with Gasteiger partial charge in [0, 0.05) is 24.7 Å². The quantitative estimate of drug-likeness (QED) is 0.490. The van der Waals surface area contributed by atoms with Crippen LogP contribution >= 0.6 is 12.4 Å². The third-order valence-electron chi connectivity index (χ3n) is 4.26. The largest absolute Gasteiger partial charge is 0.351 e. The van der Waals surface area contributed by atoms with E-state index in [4.69, 9.17) is 5.14 Å². The molecule has 0 radical (unpaired) electrons. The summed E-state index contributed by atoms with van der Waals surface area (Å²) in [5, 5.41) is 11.4. The fourth-order valence-electron chi connectivity index (χ4n) is 3.07. The van der Waals surface area contributed by atoms with Crippen molar-refractivity contribution in [3.05, 3.63) is 35.4 Å². The summed E-state index contributed by atoms with van der Waals surface area (Å²) in [5.41, 5.74) is 0.965. The van der Waals surface area contributed by atoms with E-state index in [1.54, 1.807) is 24.3 Å². The Kier molecular flexibility index (Phi) is 9.42. The van der Waals surface area contributed by atoms with Crippen LogP contribution in [0.15, 0.2) is 24.3 Å². The Bertz CT molecular complexity index is 644. The van der Waals surface area contributed by atoms with Crippen molar-refractivity contribution in [3.63, 3.8) is 0 Å². The fraction of sp³-hybridized carbons (Fsp3) is 0.588. The summed E-state index contributed by atoms with van der Waals surface area (Å²) in [6.07, 6.45) is 7.63. The highest BCUT2D eigenvalue weighted by Crippen LogP contribution is 2.16. The fourth-order valence-corrected chi connectivity index (χ4v) is 3.72. The van der Waals surface area contributed by atoms with Gasteiger partial charge in [0.25, 0.3) is 5.91 Å². The van der Waals surface area contributed by atoms with Gasteiger partial charge in [-0.05, 0) is 30.5 Å². The van der Waals surface area contributed by atoms with Gasteiger partial charge in [0.05, 0.1) is 5.75 Å². The first kappa shape index (κ1) is 21.9. The van der Waals surface area contributed by atoms with Crippen LogP contribution in [0.2, 0.25) is 0 Å². The van der Waals surface area contributed by atoms with Gasteiger partial charge in [-0.3, -0.25) is 4.79 Å². The molecular weight excluding hydrogens is 362 g/mol. The maximum absolute atomic E-state index is 12.1. The van der Waals surface area contributed by atoms with Crippen molar-refractivity contribution in [3.8, 4) is 0 Å². The number of sulfonamides is 1. The van der Waals surface area contributed by atoms with Gasteiger partial charge in [-0.2, -0.15) is 0 Å². The molecule has 0 spiro atoms. The van der Waals surface area contributed by atoms with Crippen LogP contribution in [-0.4, -0.2) is 33.5 Å². The predicted octanol–water partition coefficient (Wildman–Crippen LogP) is 1.94. The summed E-state index contributed by atoms with van der Waals surface area (Å²) in [6.45, 7) is 1.29. The van der Waals surface area contributed by atoms with Gasteiger partial charge >= 0.3 is 0 Å². The molecule has 0 bridgehead atoms. The molecule has 0 heterocycles. The number of carbonyl (C=O) groups is 1. The lowest BCUT2D eigenvalue weighted by Crippen LogP contribution is -2.36. The van der Waals surface area contributed by atoms with E-state index in [2.05, 4.69) is 10.6 Å². The number of halogens is 1. The van der Waals surface area contributed by atoms with Crippen molar-refractivity contribution in [2.24, 2.45) is 5.14 Å². The number of carbonyl (C=O) groups excluding carboxylic acids is 1. The zero-order chi connectivity index (χ0) is 17.4. The number of rotatable bonds is 7. The molecule has 1 aliphatic rings. The van der Waals surface area contributed by atoms with E-state index in [9.17, 15) is 13.2 Å². The van der Waals surface area contributed by atoms with Crippen molar-refractivity contribution in [2.45, 2.75) is 50.3 Å². The first-order valence-electron chi connectivity index (χ1n) is 8.55. The molecule has 0 atom stereocenters. The molecule has 25 heavy (non-hydrogen) atoms. The van der Waals surface area contributed by atoms with Crippen LogP contribution in [0.3, 0.4) is 0 Å². The molecule has 1 saturated carbocycles. The highest BCUT2D eigenvalue weighted by atomic mass is 35.5. The summed E-state index contributed by atoms with van der Waals surface area (Å²) in [7, 11) is -3.60. The van der Waals surface area contributed by atoms with E-state index in [-0.39, 0.29) is 24.1 Å². The van der Waals surface area contributed by atoms with Crippen molar-refractivity contribution in [2.75, 3.05) is 13.1 Å². The second-order valence-corrected chi connectivity index (χ2v) is 8.02. The highest BCUT2D eigenvalue weighted by molar-refractivity contribution is 7.88. The lowest BCUT2D eigenvalue weighted by molar-refractivity contribution is 0.0953. The summed E-state index contributed by atoms with van der Waals surface area (Å²) < 4.78 is 22.3. The Morgan fingerprint density at radius 2 is 1.80 bits per heavy atom. The van der Waals surface area contributed by atoms with Crippen LogP contribution in [0.5, 0.6) is 0 Å². The Labute approximate surface area is 156 Å². The first-order valence-corrected chi connectivity index (χ1v) is 10.3. The average molecular weight is 390 g/mol. The van der Waals surface area contributed by atoms with Crippen molar-refractivity contribution in [1.29, 1.82) is 0 Å². The lowest BCUT2D eigenvalue weighted by Gasteiger charge is -2.16. The summed E-state index contributed by atoms with van der Waals surface area (Å²) in [4.78, 5) is 12.1. The Morgan fingerprint density at radius 1 is 1.12 bits per heavy atom. The Balaban J connectivity index is 0.00000312. The average Bonchev–Trinajstić information content (AvgIpc) is 2.78. The smallest absolute Gasteiger partial charge is 0.251 e. The van der Waals surface area contributed by atoms with Gasteiger partial charge in [0.2, 0.25) is 10.0 Å². The zero-order valence-corrected chi connectivity index (χ0v) is 16.0. The molecule has 0 aliphatic heterocycles. The van der Waals surface area contributed by atoms with Crippen LogP contribution in [0.25, 0.3) is 0 Å². The second-order valence-electron chi connectivity index (χ2n) is 6.41. The number of amides is 1. The molecule has 6 nitrogen and oxygen atoms in total. The summed E-state index contributed by atoms with van der Waals surface area (Å²) in [6, 6.07) is 7.11. The molecule has 0 unspecified atom stereocenters.